The lowest BCUT2D eigenvalue weighted by molar-refractivity contribution is 0.0195. The highest BCUT2D eigenvalue weighted by molar-refractivity contribution is 5.70. The Hall–Kier alpha value is -1.26. The van der Waals surface area contributed by atoms with Gasteiger partial charge in [0.1, 0.15) is 5.60 Å². The van der Waals surface area contributed by atoms with Gasteiger partial charge in [-0.15, -0.1) is 0 Å². The molecule has 1 aliphatic heterocycles. The van der Waals surface area contributed by atoms with Crippen LogP contribution in [0, 0.1) is 5.92 Å². The van der Waals surface area contributed by atoms with Crippen LogP contribution in [-0.4, -0.2) is 35.9 Å². The van der Waals surface area contributed by atoms with Crippen molar-refractivity contribution in [1.82, 2.24) is 4.90 Å². The minimum absolute atomic E-state index is 0.248. The lowest BCUT2D eigenvalue weighted by Crippen LogP contribution is -2.43. The Morgan fingerprint density at radius 2 is 2.25 bits per heavy atom. The standard InChI is InChI=1S/C11H21N3O2/c1-11(2,3)16-10(15)14-6-4-5-9(8-14)7-13-12/h7,9H,4-6,8,12H2,1-3H3/b13-7+. The monoisotopic (exact) mass is 227 g/mol. The molecule has 0 radical (unpaired) electrons. The average Bonchev–Trinajstić information content (AvgIpc) is 2.16. The van der Waals surface area contributed by atoms with Gasteiger partial charge >= 0.3 is 6.09 Å². The summed E-state index contributed by atoms with van der Waals surface area (Å²) in [5.41, 5.74) is -0.439. The number of rotatable bonds is 1. The molecule has 1 aliphatic rings. The summed E-state index contributed by atoms with van der Waals surface area (Å²) in [4.78, 5) is 13.5. The van der Waals surface area contributed by atoms with Crippen LogP contribution in [0.5, 0.6) is 0 Å². The Balaban J connectivity index is 2.50. The minimum Gasteiger partial charge on any atom is -0.444 e. The van der Waals surface area contributed by atoms with Gasteiger partial charge < -0.3 is 15.5 Å². The zero-order valence-electron chi connectivity index (χ0n) is 10.3. The highest BCUT2D eigenvalue weighted by Gasteiger charge is 2.26. The quantitative estimate of drug-likeness (QED) is 0.420. The summed E-state index contributed by atoms with van der Waals surface area (Å²) in [6, 6.07) is 0. The van der Waals surface area contributed by atoms with Crippen LogP contribution in [0.15, 0.2) is 5.10 Å². The van der Waals surface area contributed by atoms with E-state index in [2.05, 4.69) is 5.10 Å². The van der Waals surface area contributed by atoms with Gasteiger partial charge in [-0.2, -0.15) is 5.10 Å². The second-order valence-electron chi connectivity index (χ2n) is 5.13. The normalized spacial score (nSPS) is 22.4. The van der Waals surface area contributed by atoms with E-state index in [9.17, 15) is 4.79 Å². The molecule has 1 fully saturated rings. The van der Waals surface area contributed by atoms with Crippen molar-refractivity contribution in [2.24, 2.45) is 16.9 Å². The van der Waals surface area contributed by atoms with Crippen molar-refractivity contribution < 1.29 is 9.53 Å². The smallest absolute Gasteiger partial charge is 0.410 e. The summed E-state index contributed by atoms with van der Waals surface area (Å²) < 4.78 is 5.31. The van der Waals surface area contributed by atoms with E-state index in [1.54, 1.807) is 11.1 Å². The summed E-state index contributed by atoms with van der Waals surface area (Å²) >= 11 is 0. The van der Waals surface area contributed by atoms with E-state index < -0.39 is 5.60 Å². The Kier molecular flexibility index (Phi) is 4.15. The molecule has 0 spiro atoms. The fourth-order valence-electron chi connectivity index (χ4n) is 1.75. The number of likely N-dealkylation sites (tertiary alicyclic amines) is 1. The minimum atomic E-state index is -0.439. The first-order valence-corrected chi connectivity index (χ1v) is 5.63. The molecule has 0 aromatic heterocycles. The van der Waals surface area contributed by atoms with E-state index in [1.807, 2.05) is 20.8 Å². The Morgan fingerprint density at radius 3 is 2.81 bits per heavy atom. The maximum Gasteiger partial charge on any atom is 0.410 e. The van der Waals surface area contributed by atoms with Crippen molar-refractivity contribution in [2.45, 2.75) is 39.2 Å². The van der Waals surface area contributed by atoms with E-state index in [4.69, 9.17) is 10.6 Å². The molecule has 0 saturated carbocycles. The van der Waals surface area contributed by atoms with Crippen molar-refractivity contribution in [2.75, 3.05) is 13.1 Å². The molecular weight excluding hydrogens is 206 g/mol. The van der Waals surface area contributed by atoms with Crippen molar-refractivity contribution in [3.63, 3.8) is 0 Å². The van der Waals surface area contributed by atoms with Crippen molar-refractivity contribution >= 4 is 12.3 Å². The number of nitrogens with zero attached hydrogens (tertiary/aromatic N) is 2. The molecule has 1 saturated heterocycles. The summed E-state index contributed by atoms with van der Waals surface area (Å²) in [6.07, 6.45) is 3.45. The fraction of sp³-hybridized carbons (Fsp3) is 0.818. The van der Waals surface area contributed by atoms with Crippen LogP contribution in [0.3, 0.4) is 0 Å². The van der Waals surface area contributed by atoms with E-state index in [0.717, 1.165) is 19.4 Å². The van der Waals surface area contributed by atoms with Crippen molar-refractivity contribution in [3.05, 3.63) is 0 Å². The van der Waals surface area contributed by atoms with Crippen LogP contribution >= 0.6 is 0 Å². The highest BCUT2D eigenvalue weighted by atomic mass is 16.6. The third kappa shape index (κ3) is 4.08. The van der Waals surface area contributed by atoms with Gasteiger partial charge in [0, 0.05) is 25.2 Å². The number of hydrogen-bond donors (Lipinski definition) is 1. The fourth-order valence-corrected chi connectivity index (χ4v) is 1.75. The second kappa shape index (κ2) is 5.18. The molecule has 1 unspecified atom stereocenters. The second-order valence-corrected chi connectivity index (χ2v) is 5.13. The first kappa shape index (κ1) is 12.8. The number of ether oxygens (including phenoxy) is 1. The van der Waals surface area contributed by atoms with Crippen LogP contribution in [0.25, 0.3) is 0 Å². The number of nitrogens with two attached hydrogens (primary N) is 1. The van der Waals surface area contributed by atoms with E-state index in [-0.39, 0.29) is 12.0 Å². The summed E-state index contributed by atoms with van der Waals surface area (Å²) in [6.45, 7) is 7.01. The topological polar surface area (TPSA) is 67.9 Å². The molecule has 0 aromatic carbocycles. The molecule has 1 rings (SSSR count). The number of carbonyl (C=O) groups excluding carboxylic acids is 1. The lowest BCUT2D eigenvalue weighted by atomic mass is 10.00. The SMILES string of the molecule is CC(C)(C)OC(=O)N1CCCC(/C=N/N)C1. The number of amides is 1. The molecule has 1 heterocycles. The van der Waals surface area contributed by atoms with Gasteiger partial charge in [0.15, 0.2) is 0 Å². The Morgan fingerprint density at radius 1 is 1.56 bits per heavy atom. The number of carbonyl (C=O) groups is 1. The van der Waals surface area contributed by atoms with Crippen LogP contribution in [0.4, 0.5) is 4.79 Å². The summed E-state index contributed by atoms with van der Waals surface area (Å²) in [5.74, 6) is 5.37. The van der Waals surface area contributed by atoms with Crippen LogP contribution in [0.1, 0.15) is 33.6 Å². The molecule has 1 atom stereocenters. The maximum absolute atomic E-state index is 11.8. The summed E-state index contributed by atoms with van der Waals surface area (Å²) in [7, 11) is 0. The van der Waals surface area contributed by atoms with Crippen molar-refractivity contribution in [1.29, 1.82) is 0 Å². The molecule has 5 nitrogen and oxygen atoms in total. The molecular formula is C11H21N3O2. The first-order valence-electron chi connectivity index (χ1n) is 5.63. The molecule has 0 aromatic rings. The van der Waals surface area contributed by atoms with Crippen LogP contribution in [0.2, 0.25) is 0 Å². The molecule has 16 heavy (non-hydrogen) atoms. The molecule has 5 heteroatoms. The number of hydrogen-bond acceptors (Lipinski definition) is 4. The molecule has 0 bridgehead atoms. The van der Waals surface area contributed by atoms with Gasteiger partial charge in [0.2, 0.25) is 0 Å². The predicted octanol–water partition coefficient (Wildman–Crippen LogP) is 1.58. The third-order valence-electron chi connectivity index (χ3n) is 2.41. The molecule has 2 N–H and O–H groups in total. The van der Waals surface area contributed by atoms with Crippen LogP contribution in [-0.2, 0) is 4.74 Å². The number of hydrazone groups is 1. The van der Waals surface area contributed by atoms with Crippen LogP contribution < -0.4 is 5.84 Å². The van der Waals surface area contributed by atoms with Gasteiger partial charge in [-0.25, -0.2) is 4.79 Å². The van der Waals surface area contributed by atoms with E-state index in [1.165, 1.54) is 0 Å². The number of piperidine rings is 1. The van der Waals surface area contributed by atoms with Gasteiger partial charge in [0.05, 0.1) is 0 Å². The zero-order valence-corrected chi connectivity index (χ0v) is 10.3. The Bertz CT molecular complexity index is 271. The van der Waals surface area contributed by atoms with Gasteiger partial charge in [0.25, 0.3) is 0 Å². The predicted molar refractivity (Wildman–Crippen MR) is 63.2 cm³/mol. The average molecular weight is 227 g/mol. The van der Waals surface area contributed by atoms with Gasteiger partial charge in [-0.05, 0) is 33.6 Å². The highest BCUT2D eigenvalue weighted by Crippen LogP contribution is 2.17. The maximum atomic E-state index is 11.8. The third-order valence-corrected chi connectivity index (χ3v) is 2.41. The zero-order chi connectivity index (χ0) is 12.2. The van der Waals surface area contributed by atoms with Gasteiger partial charge in [-0.3, -0.25) is 0 Å². The van der Waals surface area contributed by atoms with E-state index in [0.29, 0.717) is 6.54 Å². The first-order chi connectivity index (χ1) is 7.42. The van der Waals surface area contributed by atoms with Crippen molar-refractivity contribution in [3.8, 4) is 0 Å². The summed E-state index contributed by atoms with van der Waals surface area (Å²) in [5, 5.41) is 3.52. The molecule has 1 amide bonds. The molecule has 0 aliphatic carbocycles. The van der Waals surface area contributed by atoms with Gasteiger partial charge in [-0.1, -0.05) is 0 Å². The Labute approximate surface area is 96.6 Å². The molecule has 92 valence electrons. The lowest BCUT2D eigenvalue weighted by Gasteiger charge is -2.32. The van der Waals surface area contributed by atoms with E-state index >= 15 is 0 Å². The largest absolute Gasteiger partial charge is 0.444 e.